The molecule has 1 atom stereocenters. The molecule has 0 aliphatic heterocycles. The van der Waals surface area contributed by atoms with E-state index in [0.29, 0.717) is 13.2 Å². The van der Waals surface area contributed by atoms with Crippen LogP contribution in [0.15, 0.2) is 30.3 Å². The van der Waals surface area contributed by atoms with Crippen LogP contribution in [0.5, 0.6) is 0 Å². The molecule has 0 bridgehead atoms. The zero-order valence-electron chi connectivity index (χ0n) is 12.9. The van der Waals surface area contributed by atoms with Crippen molar-refractivity contribution in [3.63, 3.8) is 0 Å². The standard InChI is InChI=1S/C17H27NO2/c1-16(2,3)20-13-15(19)12-18-17(10-7-11-17)14-8-5-4-6-9-14/h4-6,8-9,15,18-19H,7,10-13H2,1-3H3. The van der Waals surface area contributed by atoms with Crippen molar-refractivity contribution in [2.75, 3.05) is 13.2 Å². The second-order valence-corrected chi connectivity index (χ2v) is 6.76. The first-order chi connectivity index (χ1) is 9.41. The minimum atomic E-state index is -0.463. The zero-order valence-corrected chi connectivity index (χ0v) is 12.9. The van der Waals surface area contributed by atoms with E-state index in [1.54, 1.807) is 0 Å². The third kappa shape index (κ3) is 4.05. The third-order valence-corrected chi connectivity index (χ3v) is 3.92. The fourth-order valence-electron chi connectivity index (χ4n) is 2.57. The van der Waals surface area contributed by atoms with E-state index in [1.807, 2.05) is 26.8 Å². The van der Waals surface area contributed by atoms with E-state index in [1.165, 1.54) is 12.0 Å². The van der Waals surface area contributed by atoms with E-state index < -0.39 is 6.10 Å². The lowest BCUT2D eigenvalue weighted by Gasteiger charge is -2.44. The monoisotopic (exact) mass is 277 g/mol. The maximum absolute atomic E-state index is 10.1. The first-order valence-electron chi connectivity index (χ1n) is 7.54. The van der Waals surface area contributed by atoms with Crippen molar-refractivity contribution in [1.29, 1.82) is 0 Å². The second-order valence-electron chi connectivity index (χ2n) is 6.76. The van der Waals surface area contributed by atoms with Crippen LogP contribution in [0, 0.1) is 0 Å². The van der Waals surface area contributed by atoms with Crippen molar-refractivity contribution >= 4 is 0 Å². The van der Waals surface area contributed by atoms with Gasteiger partial charge in [0, 0.05) is 12.1 Å². The lowest BCUT2D eigenvalue weighted by atomic mass is 9.72. The molecule has 2 N–H and O–H groups in total. The van der Waals surface area contributed by atoms with E-state index in [-0.39, 0.29) is 11.1 Å². The molecule has 1 fully saturated rings. The number of aliphatic hydroxyl groups is 1. The van der Waals surface area contributed by atoms with Crippen LogP contribution in [-0.4, -0.2) is 30.0 Å². The molecule has 0 heterocycles. The van der Waals surface area contributed by atoms with Gasteiger partial charge in [0.05, 0.1) is 18.3 Å². The van der Waals surface area contributed by atoms with E-state index in [4.69, 9.17) is 4.74 Å². The van der Waals surface area contributed by atoms with Gasteiger partial charge in [-0.2, -0.15) is 0 Å². The Hall–Kier alpha value is -0.900. The van der Waals surface area contributed by atoms with E-state index in [0.717, 1.165) is 12.8 Å². The van der Waals surface area contributed by atoms with Crippen molar-refractivity contribution in [2.45, 2.75) is 57.3 Å². The van der Waals surface area contributed by atoms with Crippen molar-refractivity contribution in [1.82, 2.24) is 5.32 Å². The molecule has 0 aromatic heterocycles. The van der Waals surface area contributed by atoms with Crippen LogP contribution in [-0.2, 0) is 10.3 Å². The summed E-state index contributed by atoms with van der Waals surface area (Å²) in [6.07, 6.45) is 3.07. The molecule has 3 heteroatoms. The first kappa shape index (κ1) is 15.5. The highest BCUT2D eigenvalue weighted by atomic mass is 16.5. The van der Waals surface area contributed by atoms with Gasteiger partial charge in [-0.15, -0.1) is 0 Å². The summed E-state index contributed by atoms with van der Waals surface area (Å²) < 4.78 is 5.62. The number of ether oxygens (including phenoxy) is 1. The second kappa shape index (κ2) is 6.25. The highest BCUT2D eigenvalue weighted by Crippen LogP contribution is 2.41. The predicted octanol–water partition coefficient (Wildman–Crippen LogP) is 2.83. The van der Waals surface area contributed by atoms with Gasteiger partial charge in [-0.25, -0.2) is 0 Å². The summed E-state index contributed by atoms with van der Waals surface area (Å²) in [6.45, 7) is 6.96. The van der Waals surface area contributed by atoms with Gasteiger partial charge in [0.1, 0.15) is 0 Å². The normalized spacial score (nSPS) is 19.4. The molecule has 2 rings (SSSR count). The van der Waals surface area contributed by atoms with Crippen LogP contribution in [0.25, 0.3) is 0 Å². The minimum Gasteiger partial charge on any atom is -0.389 e. The molecule has 0 radical (unpaired) electrons. The summed E-state index contributed by atoms with van der Waals surface area (Å²) in [7, 11) is 0. The van der Waals surface area contributed by atoms with Gasteiger partial charge < -0.3 is 15.2 Å². The smallest absolute Gasteiger partial charge is 0.0898 e. The molecule has 1 saturated carbocycles. The average Bonchev–Trinajstić information content (AvgIpc) is 2.35. The zero-order chi connectivity index (χ0) is 14.6. The molecular formula is C17H27NO2. The van der Waals surface area contributed by atoms with Crippen molar-refractivity contribution in [3.8, 4) is 0 Å². The van der Waals surface area contributed by atoms with Crippen LogP contribution in [0.4, 0.5) is 0 Å². The molecule has 1 aliphatic carbocycles. The fraction of sp³-hybridized carbons (Fsp3) is 0.647. The van der Waals surface area contributed by atoms with E-state index >= 15 is 0 Å². The Bertz CT molecular complexity index is 407. The van der Waals surface area contributed by atoms with Gasteiger partial charge in [-0.3, -0.25) is 0 Å². The topological polar surface area (TPSA) is 41.5 Å². The highest BCUT2D eigenvalue weighted by molar-refractivity contribution is 5.26. The molecule has 1 aliphatic rings. The molecule has 1 aromatic carbocycles. The van der Waals surface area contributed by atoms with Gasteiger partial charge in [0.25, 0.3) is 0 Å². The third-order valence-electron chi connectivity index (χ3n) is 3.92. The van der Waals surface area contributed by atoms with Crippen molar-refractivity contribution in [3.05, 3.63) is 35.9 Å². The Kier molecular flexibility index (Phi) is 4.84. The van der Waals surface area contributed by atoms with Crippen LogP contribution >= 0.6 is 0 Å². The Morgan fingerprint density at radius 2 is 1.90 bits per heavy atom. The molecule has 1 unspecified atom stereocenters. The number of hydrogen-bond acceptors (Lipinski definition) is 3. The van der Waals surface area contributed by atoms with Crippen LogP contribution in [0.3, 0.4) is 0 Å². The number of benzene rings is 1. The molecule has 0 amide bonds. The van der Waals surface area contributed by atoms with Gasteiger partial charge in [-0.1, -0.05) is 30.3 Å². The van der Waals surface area contributed by atoms with Gasteiger partial charge >= 0.3 is 0 Å². The highest BCUT2D eigenvalue weighted by Gasteiger charge is 2.38. The summed E-state index contributed by atoms with van der Waals surface area (Å²) >= 11 is 0. The maximum atomic E-state index is 10.1. The Labute approximate surface area is 122 Å². The maximum Gasteiger partial charge on any atom is 0.0898 e. The minimum absolute atomic E-state index is 0.0595. The number of nitrogens with one attached hydrogen (secondary N) is 1. The lowest BCUT2D eigenvalue weighted by molar-refractivity contribution is -0.0507. The summed E-state index contributed by atoms with van der Waals surface area (Å²) in [6, 6.07) is 10.5. The predicted molar refractivity (Wildman–Crippen MR) is 81.7 cm³/mol. The summed E-state index contributed by atoms with van der Waals surface area (Å²) in [5.41, 5.74) is 1.19. The SMILES string of the molecule is CC(C)(C)OCC(O)CNC1(c2ccccc2)CCC1. The summed E-state index contributed by atoms with van der Waals surface area (Å²) in [5, 5.41) is 13.6. The number of aliphatic hydroxyl groups excluding tert-OH is 1. The summed E-state index contributed by atoms with van der Waals surface area (Å²) in [4.78, 5) is 0. The molecule has 0 spiro atoms. The average molecular weight is 277 g/mol. The molecular weight excluding hydrogens is 250 g/mol. The lowest BCUT2D eigenvalue weighted by Crippen LogP contribution is -2.51. The molecule has 3 nitrogen and oxygen atoms in total. The largest absolute Gasteiger partial charge is 0.389 e. The molecule has 112 valence electrons. The Morgan fingerprint density at radius 3 is 2.40 bits per heavy atom. The fourth-order valence-corrected chi connectivity index (χ4v) is 2.57. The van der Waals surface area contributed by atoms with Gasteiger partial charge in [0.15, 0.2) is 0 Å². The first-order valence-corrected chi connectivity index (χ1v) is 7.54. The molecule has 20 heavy (non-hydrogen) atoms. The van der Waals surface area contributed by atoms with Crippen molar-refractivity contribution < 1.29 is 9.84 Å². The number of rotatable bonds is 6. The van der Waals surface area contributed by atoms with E-state index in [9.17, 15) is 5.11 Å². The van der Waals surface area contributed by atoms with Crippen LogP contribution in [0.2, 0.25) is 0 Å². The number of hydrogen-bond donors (Lipinski definition) is 2. The quantitative estimate of drug-likeness (QED) is 0.840. The Morgan fingerprint density at radius 1 is 1.25 bits per heavy atom. The summed E-state index contributed by atoms with van der Waals surface area (Å²) in [5.74, 6) is 0. The molecule has 1 aromatic rings. The van der Waals surface area contributed by atoms with Crippen molar-refractivity contribution in [2.24, 2.45) is 0 Å². The van der Waals surface area contributed by atoms with Gasteiger partial charge in [0.2, 0.25) is 0 Å². The van der Waals surface area contributed by atoms with Crippen LogP contribution < -0.4 is 5.32 Å². The van der Waals surface area contributed by atoms with E-state index in [2.05, 4.69) is 29.6 Å². The van der Waals surface area contributed by atoms with Gasteiger partial charge in [-0.05, 0) is 45.6 Å². The molecule has 0 saturated heterocycles. The Balaban J connectivity index is 1.85. The van der Waals surface area contributed by atoms with Crippen LogP contribution in [0.1, 0.15) is 45.6 Å².